The molecule has 12 heteroatoms. The third-order valence-corrected chi connectivity index (χ3v) is 6.03. The van der Waals surface area contributed by atoms with E-state index in [2.05, 4.69) is 27.0 Å². The topological polar surface area (TPSA) is 103 Å². The van der Waals surface area contributed by atoms with E-state index in [1.807, 2.05) is 0 Å². The number of aliphatic imine (C=N–C) groups is 1. The molecule has 198 valence electrons. The number of pyridine rings is 2. The van der Waals surface area contributed by atoms with Gasteiger partial charge in [-0.2, -0.15) is 5.10 Å². The fourth-order valence-corrected chi connectivity index (χ4v) is 3.78. The van der Waals surface area contributed by atoms with Gasteiger partial charge in [-0.15, -0.1) is 0 Å². The SMILES string of the molecule is C=C/C(=C(/C)C=NCn1ccc(C(=O)NC2CC2)n1)n1c(C)cc(OCc2ncc(F)cc2F)c(Cl)c1=O. The van der Waals surface area contributed by atoms with Crippen molar-refractivity contribution in [1.82, 2.24) is 24.6 Å². The number of ether oxygens (including phenoxy) is 1. The molecule has 0 atom stereocenters. The summed E-state index contributed by atoms with van der Waals surface area (Å²) in [6, 6.07) is 4.09. The Bertz CT molecular complexity index is 1510. The molecule has 1 N–H and O–H groups in total. The van der Waals surface area contributed by atoms with E-state index in [1.165, 1.54) is 21.4 Å². The molecule has 3 heterocycles. The van der Waals surface area contributed by atoms with Crippen molar-refractivity contribution >= 4 is 29.4 Å². The zero-order chi connectivity index (χ0) is 27.4. The number of hydrogen-bond acceptors (Lipinski definition) is 6. The Morgan fingerprint density at radius 3 is 2.82 bits per heavy atom. The molecule has 0 saturated heterocycles. The molecule has 1 saturated carbocycles. The van der Waals surface area contributed by atoms with Crippen LogP contribution in [0.1, 0.15) is 41.6 Å². The minimum atomic E-state index is -0.870. The van der Waals surface area contributed by atoms with Crippen molar-refractivity contribution in [2.75, 3.05) is 0 Å². The van der Waals surface area contributed by atoms with Crippen LogP contribution >= 0.6 is 11.6 Å². The van der Waals surface area contributed by atoms with Crippen LogP contribution in [0.3, 0.4) is 0 Å². The maximum atomic E-state index is 13.9. The zero-order valence-electron chi connectivity index (χ0n) is 20.7. The normalized spacial score (nSPS) is 13.9. The lowest BCUT2D eigenvalue weighted by molar-refractivity contribution is 0.0945. The Labute approximate surface area is 222 Å². The van der Waals surface area contributed by atoms with E-state index in [4.69, 9.17) is 16.3 Å². The van der Waals surface area contributed by atoms with Gasteiger partial charge in [-0.1, -0.05) is 18.2 Å². The summed E-state index contributed by atoms with van der Waals surface area (Å²) in [7, 11) is 0. The quantitative estimate of drug-likeness (QED) is 0.304. The minimum Gasteiger partial charge on any atom is -0.485 e. The van der Waals surface area contributed by atoms with E-state index in [0.29, 0.717) is 28.7 Å². The molecule has 0 radical (unpaired) electrons. The number of halogens is 3. The van der Waals surface area contributed by atoms with Gasteiger partial charge in [-0.05, 0) is 44.4 Å². The van der Waals surface area contributed by atoms with Crippen LogP contribution in [-0.2, 0) is 13.3 Å². The Morgan fingerprint density at radius 1 is 1.37 bits per heavy atom. The molecule has 3 aromatic rings. The van der Waals surface area contributed by atoms with Crippen molar-refractivity contribution in [2.24, 2.45) is 4.99 Å². The predicted molar refractivity (Wildman–Crippen MR) is 139 cm³/mol. The van der Waals surface area contributed by atoms with Crippen LogP contribution in [0.5, 0.6) is 5.75 Å². The lowest BCUT2D eigenvalue weighted by Crippen LogP contribution is -2.25. The van der Waals surface area contributed by atoms with E-state index in [1.54, 1.807) is 32.3 Å². The number of aryl methyl sites for hydroxylation is 1. The van der Waals surface area contributed by atoms with Crippen molar-refractivity contribution in [3.63, 3.8) is 0 Å². The second-order valence-corrected chi connectivity index (χ2v) is 9.07. The molecule has 0 spiro atoms. The van der Waals surface area contributed by atoms with Gasteiger partial charge in [-0.25, -0.2) is 8.78 Å². The third-order valence-electron chi connectivity index (χ3n) is 5.68. The number of nitrogens with zero attached hydrogens (tertiary/aromatic N) is 5. The monoisotopic (exact) mass is 542 g/mol. The molecule has 0 aliphatic heterocycles. The highest BCUT2D eigenvalue weighted by Gasteiger charge is 2.24. The number of nitrogens with one attached hydrogen (secondary N) is 1. The van der Waals surface area contributed by atoms with Gasteiger partial charge >= 0.3 is 0 Å². The molecule has 3 aromatic heterocycles. The highest BCUT2D eigenvalue weighted by molar-refractivity contribution is 6.31. The standard InChI is InChI=1S/C26H25ClF2N6O3/c1-4-22(15(2)11-30-14-34-8-7-20(33-34)25(36)32-18-5-6-18)35-16(3)9-23(24(27)26(35)37)38-13-21-19(29)10-17(28)12-31-21/h4,7-12,18H,1,5-6,13-14H2,2-3H3,(H,32,36)/b22-15+,30-11?. The molecule has 9 nitrogen and oxygen atoms in total. The Morgan fingerprint density at radius 2 is 2.13 bits per heavy atom. The van der Waals surface area contributed by atoms with Crippen molar-refractivity contribution in [3.05, 3.63) is 92.9 Å². The molecule has 1 aliphatic carbocycles. The maximum absolute atomic E-state index is 13.9. The van der Waals surface area contributed by atoms with E-state index in [0.717, 1.165) is 19.0 Å². The van der Waals surface area contributed by atoms with Crippen LogP contribution < -0.4 is 15.6 Å². The molecular formula is C26H25ClF2N6O3. The first-order valence-electron chi connectivity index (χ1n) is 11.7. The Kier molecular flexibility index (Phi) is 8.16. The van der Waals surface area contributed by atoms with Crippen LogP contribution in [0.25, 0.3) is 5.70 Å². The molecule has 1 aliphatic rings. The van der Waals surface area contributed by atoms with E-state index in [9.17, 15) is 18.4 Å². The van der Waals surface area contributed by atoms with Gasteiger partial charge < -0.3 is 10.1 Å². The fraction of sp³-hybridized carbons (Fsp3) is 0.269. The second kappa shape index (κ2) is 11.5. The first-order valence-corrected chi connectivity index (χ1v) is 12.1. The van der Waals surface area contributed by atoms with Crippen LogP contribution in [0.4, 0.5) is 8.78 Å². The van der Waals surface area contributed by atoms with Gasteiger partial charge in [-0.3, -0.25) is 28.8 Å². The summed E-state index contributed by atoms with van der Waals surface area (Å²) in [6.45, 7) is 7.05. The number of amides is 1. The van der Waals surface area contributed by atoms with E-state index in [-0.39, 0.29) is 41.7 Å². The summed E-state index contributed by atoms with van der Waals surface area (Å²) < 4.78 is 35.4. The average Bonchev–Trinajstić information content (AvgIpc) is 3.57. The van der Waals surface area contributed by atoms with Crippen LogP contribution in [0.2, 0.25) is 5.02 Å². The summed E-state index contributed by atoms with van der Waals surface area (Å²) in [6.07, 6.45) is 7.58. The maximum Gasteiger partial charge on any atom is 0.277 e. The number of allylic oxidation sites excluding steroid dienone is 3. The second-order valence-electron chi connectivity index (χ2n) is 8.69. The summed E-state index contributed by atoms with van der Waals surface area (Å²) in [5.74, 6) is -1.86. The third kappa shape index (κ3) is 6.23. The molecule has 4 rings (SSSR count). The van der Waals surface area contributed by atoms with Crippen molar-refractivity contribution in [3.8, 4) is 5.75 Å². The summed E-state index contributed by atoms with van der Waals surface area (Å²) in [5, 5.41) is 6.89. The van der Waals surface area contributed by atoms with Gasteiger partial charge in [0.05, 0.1) is 11.9 Å². The molecule has 38 heavy (non-hydrogen) atoms. The highest BCUT2D eigenvalue weighted by Crippen LogP contribution is 2.25. The smallest absolute Gasteiger partial charge is 0.277 e. The molecule has 0 unspecified atom stereocenters. The Hall–Kier alpha value is -4.12. The Balaban J connectivity index is 1.50. The number of carbonyl (C=O) groups is 1. The van der Waals surface area contributed by atoms with Gasteiger partial charge in [0, 0.05) is 36.3 Å². The fourth-order valence-electron chi connectivity index (χ4n) is 3.59. The van der Waals surface area contributed by atoms with Crippen LogP contribution in [-0.4, -0.2) is 37.5 Å². The highest BCUT2D eigenvalue weighted by atomic mass is 35.5. The first kappa shape index (κ1) is 26.9. The summed E-state index contributed by atoms with van der Waals surface area (Å²) in [4.78, 5) is 33.2. The molecule has 1 amide bonds. The largest absolute Gasteiger partial charge is 0.485 e. The lowest BCUT2D eigenvalue weighted by Gasteiger charge is -2.16. The molecule has 1 fully saturated rings. The van der Waals surface area contributed by atoms with Gasteiger partial charge in [0.2, 0.25) is 0 Å². The zero-order valence-corrected chi connectivity index (χ0v) is 21.5. The molecule has 0 aromatic carbocycles. The predicted octanol–water partition coefficient (Wildman–Crippen LogP) is 4.30. The van der Waals surface area contributed by atoms with Gasteiger partial charge in [0.15, 0.2) is 5.82 Å². The van der Waals surface area contributed by atoms with Crippen LogP contribution in [0, 0.1) is 18.6 Å². The van der Waals surface area contributed by atoms with Crippen molar-refractivity contribution in [2.45, 2.75) is 46.0 Å². The van der Waals surface area contributed by atoms with Crippen LogP contribution in [0.15, 0.2) is 58.6 Å². The summed E-state index contributed by atoms with van der Waals surface area (Å²) >= 11 is 6.29. The lowest BCUT2D eigenvalue weighted by atomic mass is 10.2. The minimum absolute atomic E-state index is 0.0332. The van der Waals surface area contributed by atoms with E-state index < -0.39 is 17.2 Å². The number of hydrogen-bond donors (Lipinski definition) is 1. The first-order chi connectivity index (χ1) is 18.2. The van der Waals surface area contributed by atoms with E-state index >= 15 is 0 Å². The molecular weight excluding hydrogens is 518 g/mol. The van der Waals surface area contributed by atoms with Gasteiger partial charge in [0.1, 0.15) is 41.3 Å². The van der Waals surface area contributed by atoms with Crippen molar-refractivity contribution < 1.29 is 18.3 Å². The summed E-state index contributed by atoms with van der Waals surface area (Å²) in [5.41, 5.74) is 1.16. The number of carbonyl (C=O) groups excluding carboxylic acids is 1. The average molecular weight is 543 g/mol. The van der Waals surface area contributed by atoms with Gasteiger partial charge in [0.25, 0.3) is 11.5 Å². The molecule has 0 bridgehead atoms. The number of rotatable bonds is 10. The van der Waals surface area contributed by atoms with Crippen molar-refractivity contribution in [1.29, 1.82) is 0 Å². The number of aromatic nitrogens is 4.